The molecule has 5 atom stereocenters. The van der Waals surface area contributed by atoms with Gasteiger partial charge in [0, 0.05) is 13.1 Å². The second kappa shape index (κ2) is 7.59. The normalized spacial score (nSPS) is 32.4. The summed E-state index contributed by atoms with van der Waals surface area (Å²) in [5.74, 6) is 1.63. The highest BCUT2D eigenvalue weighted by Crippen LogP contribution is 2.63. The maximum absolute atomic E-state index is 11.1. The Morgan fingerprint density at radius 2 is 1.61 bits per heavy atom. The molecule has 162 valence electrons. The predicted octanol–water partition coefficient (Wildman–Crippen LogP) is 5.42. The summed E-state index contributed by atoms with van der Waals surface area (Å²) in [4.78, 5) is 16.0. The quantitative estimate of drug-likeness (QED) is 0.402. The molecule has 4 aliphatic rings. The SMILES string of the molecule is CC(=O)Oc1ccc(-c2ccc(C=N[C@@H](C)C34C[C@@H]5C[C@@H](CC(O)(C5)C3)C4)cc2)cc1. The van der Waals surface area contributed by atoms with Crippen LogP contribution in [0.15, 0.2) is 53.5 Å². The van der Waals surface area contributed by atoms with Crippen LogP contribution in [0.5, 0.6) is 5.75 Å². The van der Waals surface area contributed by atoms with Crippen molar-refractivity contribution < 1.29 is 14.6 Å². The smallest absolute Gasteiger partial charge is 0.308 e. The van der Waals surface area contributed by atoms with E-state index in [9.17, 15) is 9.90 Å². The Labute approximate surface area is 184 Å². The van der Waals surface area contributed by atoms with Gasteiger partial charge < -0.3 is 9.84 Å². The fourth-order valence-electron chi connectivity index (χ4n) is 6.77. The van der Waals surface area contributed by atoms with Gasteiger partial charge in [-0.25, -0.2) is 0 Å². The first-order valence-corrected chi connectivity index (χ1v) is 11.5. The first-order chi connectivity index (χ1) is 14.8. The Balaban J connectivity index is 1.27. The summed E-state index contributed by atoms with van der Waals surface area (Å²) >= 11 is 0. The molecule has 4 fully saturated rings. The molecular formula is C27H31NO3. The van der Waals surface area contributed by atoms with E-state index in [-0.39, 0.29) is 17.4 Å². The van der Waals surface area contributed by atoms with Crippen LogP contribution in [-0.2, 0) is 4.79 Å². The van der Waals surface area contributed by atoms with Crippen LogP contribution in [0.1, 0.15) is 57.9 Å². The van der Waals surface area contributed by atoms with Gasteiger partial charge in [0.1, 0.15) is 5.75 Å². The molecular weight excluding hydrogens is 386 g/mol. The summed E-state index contributed by atoms with van der Waals surface area (Å²) in [6, 6.07) is 16.2. The van der Waals surface area contributed by atoms with E-state index in [0.29, 0.717) is 17.6 Å². The van der Waals surface area contributed by atoms with Gasteiger partial charge >= 0.3 is 5.97 Å². The minimum absolute atomic E-state index is 0.180. The van der Waals surface area contributed by atoms with E-state index in [2.05, 4.69) is 31.2 Å². The number of carbonyl (C=O) groups excluding carboxylic acids is 1. The summed E-state index contributed by atoms with van der Waals surface area (Å²) in [5.41, 5.74) is 3.03. The van der Waals surface area contributed by atoms with Crippen molar-refractivity contribution in [2.75, 3.05) is 0 Å². The van der Waals surface area contributed by atoms with Gasteiger partial charge in [-0.05, 0) is 91.5 Å². The van der Waals surface area contributed by atoms with E-state index >= 15 is 0 Å². The monoisotopic (exact) mass is 417 g/mol. The topological polar surface area (TPSA) is 58.9 Å². The maximum atomic E-state index is 11.1. The number of rotatable bonds is 5. The Morgan fingerprint density at radius 1 is 1.03 bits per heavy atom. The van der Waals surface area contributed by atoms with Crippen LogP contribution in [0.3, 0.4) is 0 Å². The molecule has 0 saturated heterocycles. The van der Waals surface area contributed by atoms with Gasteiger partial charge in [-0.15, -0.1) is 0 Å². The third-order valence-electron chi connectivity index (χ3n) is 7.77. The molecule has 4 bridgehead atoms. The molecule has 1 N–H and O–H groups in total. The zero-order valence-electron chi connectivity index (χ0n) is 18.4. The van der Waals surface area contributed by atoms with Crippen LogP contribution in [0, 0.1) is 17.3 Å². The maximum Gasteiger partial charge on any atom is 0.308 e. The van der Waals surface area contributed by atoms with Crippen LogP contribution < -0.4 is 4.74 Å². The van der Waals surface area contributed by atoms with E-state index in [1.165, 1.54) is 26.2 Å². The summed E-state index contributed by atoms with van der Waals surface area (Å²) in [6.45, 7) is 3.64. The number of aliphatic imine (C=N–C) groups is 1. The zero-order valence-corrected chi connectivity index (χ0v) is 18.4. The molecule has 2 aromatic carbocycles. The van der Waals surface area contributed by atoms with Gasteiger partial charge in [0.25, 0.3) is 0 Å². The lowest BCUT2D eigenvalue weighted by molar-refractivity contribution is -0.168. The zero-order chi connectivity index (χ0) is 21.6. The van der Waals surface area contributed by atoms with Crippen molar-refractivity contribution in [1.82, 2.24) is 0 Å². The van der Waals surface area contributed by atoms with Gasteiger partial charge in [-0.1, -0.05) is 36.4 Å². The Bertz CT molecular complexity index is 978. The fourth-order valence-corrected chi connectivity index (χ4v) is 6.77. The number of aliphatic hydroxyl groups is 1. The molecule has 0 radical (unpaired) electrons. The second-order valence-corrected chi connectivity index (χ2v) is 10.2. The summed E-state index contributed by atoms with van der Waals surface area (Å²) in [6.07, 6.45) is 8.70. The van der Waals surface area contributed by atoms with E-state index in [1.807, 2.05) is 30.5 Å². The van der Waals surface area contributed by atoms with Crippen LogP contribution in [0.4, 0.5) is 0 Å². The molecule has 0 heterocycles. The number of benzene rings is 2. The van der Waals surface area contributed by atoms with E-state index < -0.39 is 5.60 Å². The van der Waals surface area contributed by atoms with Crippen molar-refractivity contribution in [3.8, 4) is 16.9 Å². The lowest BCUT2D eigenvalue weighted by Crippen LogP contribution is -2.58. The molecule has 6 rings (SSSR count). The fraction of sp³-hybridized carbons (Fsp3) is 0.481. The van der Waals surface area contributed by atoms with Gasteiger partial charge in [-0.2, -0.15) is 0 Å². The summed E-state index contributed by atoms with van der Waals surface area (Å²) in [7, 11) is 0. The average molecular weight is 418 g/mol. The van der Waals surface area contributed by atoms with Crippen LogP contribution in [-0.4, -0.2) is 28.9 Å². The molecule has 2 unspecified atom stereocenters. The van der Waals surface area contributed by atoms with E-state index in [0.717, 1.165) is 36.0 Å². The van der Waals surface area contributed by atoms with Crippen molar-refractivity contribution in [2.45, 2.75) is 64.0 Å². The number of ether oxygens (including phenoxy) is 1. The van der Waals surface area contributed by atoms with Gasteiger partial charge in [-0.3, -0.25) is 9.79 Å². The molecule has 4 aliphatic carbocycles. The first kappa shape index (κ1) is 20.4. The average Bonchev–Trinajstić information content (AvgIpc) is 2.71. The van der Waals surface area contributed by atoms with Gasteiger partial charge in [0.15, 0.2) is 0 Å². The second-order valence-electron chi connectivity index (χ2n) is 10.2. The minimum Gasteiger partial charge on any atom is -0.427 e. The van der Waals surface area contributed by atoms with Crippen LogP contribution in [0.2, 0.25) is 0 Å². The van der Waals surface area contributed by atoms with Crippen molar-refractivity contribution in [3.05, 3.63) is 54.1 Å². The number of nitrogens with zero attached hydrogens (tertiary/aromatic N) is 1. The number of hydrogen-bond donors (Lipinski definition) is 1. The van der Waals surface area contributed by atoms with Gasteiger partial charge in [0.05, 0.1) is 11.6 Å². The Morgan fingerprint density at radius 3 is 2.16 bits per heavy atom. The third-order valence-corrected chi connectivity index (χ3v) is 7.77. The highest BCUT2D eigenvalue weighted by molar-refractivity contribution is 5.81. The Kier molecular flexibility index (Phi) is 5.01. The molecule has 0 aromatic heterocycles. The third kappa shape index (κ3) is 4.06. The molecule has 4 nitrogen and oxygen atoms in total. The van der Waals surface area contributed by atoms with Crippen molar-refractivity contribution in [3.63, 3.8) is 0 Å². The summed E-state index contributed by atoms with van der Waals surface area (Å²) in [5, 5.41) is 11.0. The molecule has 0 spiro atoms. The van der Waals surface area contributed by atoms with Gasteiger partial charge in [0.2, 0.25) is 0 Å². The van der Waals surface area contributed by atoms with E-state index in [4.69, 9.17) is 9.73 Å². The minimum atomic E-state index is -0.430. The predicted molar refractivity (Wildman–Crippen MR) is 122 cm³/mol. The highest BCUT2D eigenvalue weighted by Gasteiger charge is 2.58. The molecule has 4 saturated carbocycles. The number of hydrogen-bond acceptors (Lipinski definition) is 4. The standard InChI is InChI=1S/C27H31NO3/c1-18(26-12-21-11-22(13-26)15-27(30,14-21)17-26)28-16-20-3-5-23(6-4-20)24-7-9-25(10-8-24)31-19(2)29/h3-10,16,18,21-22,30H,11-15,17H2,1-2H3/t18-,21-,22+,26?,27?/m0/s1. The van der Waals surface area contributed by atoms with Crippen LogP contribution in [0.25, 0.3) is 11.1 Å². The van der Waals surface area contributed by atoms with Crippen molar-refractivity contribution in [1.29, 1.82) is 0 Å². The first-order valence-electron chi connectivity index (χ1n) is 11.5. The summed E-state index contributed by atoms with van der Waals surface area (Å²) < 4.78 is 5.10. The molecule has 0 aliphatic heterocycles. The lowest BCUT2D eigenvalue weighted by atomic mass is 9.46. The largest absolute Gasteiger partial charge is 0.427 e. The van der Waals surface area contributed by atoms with Crippen molar-refractivity contribution >= 4 is 12.2 Å². The number of carbonyl (C=O) groups is 1. The highest BCUT2D eigenvalue weighted by atomic mass is 16.5. The lowest BCUT2D eigenvalue weighted by Gasteiger charge is -2.61. The molecule has 0 amide bonds. The molecule has 31 heavy (non-hydrogen) atoms. The number of esters is 1. The molecule has 2 aromatic rings. The van der Waals surface area contributed by atoms with E-state index in [1.54, 1.807) is 0 Å². The Hall–Kier alpha value is -2.46. The molecule has 4 heteroatoms. The van der Waals surface area contributed by atoms with Crippen molar-refractivity contribution in [2.24, 2.45) is 22.2 Å². The van der Waals surface area contributed by atoms with Crippen LogP contribution >= 0.6 is 0 Å².